The van der Waals surface area contributed by atoms with E-state index >= 15 is 0 Å². The molecule has 0 unspecified atom stereocenters. The summed E-state index contributed by atoms with van der Waals surface area (Å²) < 4.78 is 16.2. The van der Waals surface area contributed by atoms with E-state index in [4.69, 9.17) is 13.9 Å². The number of amides is 1. The predicted octanol–water partition coefficient (Wildman–Crippen LogP) is 3.11. The Balaban J connectivity index is 2.17. The van der Waals surface area contributed by atoms with Gasteiger partial charge >= 0.3 is 0 Å². The van der Waals surface area contributed by atoms with Gasteiger partial charge < -0.3 is 19.2 Å². The Hall–Kier alpha value is -2.47. The Morgan fingerprint density at radius 3 is 2.48 bits per heavy atom. The van der Waals surface area contributed by atoms with Crippen molar-refractivity contribution in [2.24, 2.45) is 0 Å². The molecule has 0 spiro atoms. The number of para-hydroxylation sites is 1. The number of carbonyl (C=O) groups is 1. The third kappa shape index (κ3) is 4.33. The molecule has 2 rings (SSSR count). The van der Waals surface area contributed by atoms with E-state index in [9.17, 15) is 4.79 Å². The number of furan rings is 1. The minimum absolute atomic E-state index is 0.0226. The number of nitrogens with zero attached hydrogens (tertiary/aromatic N) is 1. The lowest BCUT2D eigenvalue weighted by Gasteiger charge is -2.28. The van der Waals surface area contributed by atoms with Crippen molar-refractivity contribution in [1.29, 1.82) is 0 Å². The molecular formula is C19H26N2O4. The van der Waals surface area contributed by atoms with Crippen LogP contribution in [0.1, 0.15) is 36.0 Å². The van der Waals surface area contributed by atoms with Gasteiger partial charge in [-0.15, -0.1) is 0 Å². The highest BCUT2D eigenvalue weighted by Gasteiger charge is 2.23. The molecule has 1 aromatic heterocycles. The molecule has 1 heterocycles. The number of ether oxygens (including phenoxy) is 2. The lowest BCUT2D eigenvalue weighted by Crippen LogP contribution is -2.38. The number of likely N-dealkylation sites (N-methyl/N-ethyl adjacent to an activating group) is 1. The smallest absolute Gasteiger partial charge is 0.255 e. The van der Waals surface area contributed by atoms with Crippen LogP contribution in [0, 0.1) is 0 Å². The third-order valence-electron chi connectivity index (χ3n) is 4.23. The molecule has 1 amide bonds. The van der Waals surface area contributed by atoms with Crippen molar-refractivity contribution in [1.82, 2.24) is 10.2 Å². The van der Waals surface area contributed by atoms with Gasteiger partial charge in [-0.25, -0.2) is 0 Å². The van der Waals surface area contributed by atoms with Crippen LogP contribution in [0.4, 0.5) is 0 Å². The fourth-order valence-electron chi connectivity index (χ4n) is 2.91. The van der Waals surface area contributed by atoms with E-state index in [0.29, 0.717) is 23.6 Å². The van der Waals surface area contributed by atoms with Gasteiger partial charge in [-0.2, -0.15) is 0 Å². The largest absolute Gasteiger partial charge is 0.493 e. The van der Waals surface area contributed by atoms with Gasteiger partial charge in [0, 0.05) is 6.54 Å². The van der Waals surface area contributed by atoms with Crippen molar-refractivity contribution in [3.8, 4) is 11.5 Å². The topological polar surface area (TPSA) is 63.9 Å². The van der Waals surface area contributed by atoms with E-state index in [1.165, 1.54) is 7.11 Å². The number of carbonyl (C=O) groups excluding carboxylic acids is 1. The van der Waals surface area contributed by atoms with Crippen LogP contribution in [0.2, 0.25) is 0 Å². The van der Waals surface area contributed by atoms with Gasteiger partial charge in [-0.05, 0) is 37.4 Å². The molecule has 0 aliphatic carbocycles. The zero-order chi connectivity index (χ0) is 18.2. The van der Waals surface area contributed by atoms with E-state index in [2.05, 4.69) is 24.1 Å². The van der Waals surface area contributed by atoms with Crippen LogP contribution < -0.4 is 14.8 Å². The highest BCUT2D eigenvalue weighted by atomic mass is 16.5. The summed E-state index contributed by atoms with van der Waals surface area (Å²) in [5.74, 6) is 1.59. The fourth-order valence-corrected chi connectivity index (χ4v) is 2.91. The lowest BCUT2D eigenvalue weighted by molar-refractivity contribution is 0.0926. The SMILES string of the molecule is CCN(CC)[C@@H](CNC(=O)c1cccc(OC)c1OC)c1ccco1. The Bertz CT molecular complexity index is 666. The van der Waals surface area contributed by atoms with E-state index in [1.54, 1.807) is 31.6 Å². The summed E-state index contributed by atoms with van der Waals surface area (Å²) in [4.78, 5) is 14.9. The summed E-state index contributed by atoms with van der Waals surface area (Å²) in [6, 6.07) is 9.02. The van der Waals surface area contributed by atoms with Crippen molar-refractivity contribution < 1.29 is 18.7 Å². The zero-order valence-corrected chi connectivity index (χ0v) is 15.2. The van der Waals surface area contributed by atoms with Gasteiger partial charge in [0.25, 0.3) is 5.91 Å². The molecule has 1 aromatic carbocycles. The summed E-state index contributed by atoms with van der Waals surface area (Å²) in [7, 11) is 3.07. The first-order valence-electron chi connectivity index (χ1n) is 8.42. The molecule has 0 aliphatic heterocycles. The quantitative estimate of drug-likeness (QED) is 0.756. The Kier molecular flexibility index (Phi) is 6.89. The van der Waals surface area contributed by atoms with Gasteiger partial charge in [0.15, 0.2) is 11.5 Å². The van der Waals surface area contributed by atoms with Crippen LogP contribution in [0.3, 0.4) is 0 Å². The molecule has 1 N–H and O–H groups in total. The average Bonchev–Trinajstić information content (AvgIpc) is 3.18. The van der Waals surface area contributed by atoms with Crippen molar-refractivity contribution in [3.63, 3.8) is 0 Å². The van der Waals surface area contributed by atoms with Crippen molar-refractivity contribution in [3.05, 3.63) is 47.9 Å². The minimum atomic E-state index is -0.209. The summed E-state index contributed by atoms with van der Waals surface area (Å²) in [5, 5.41) is 2.99. The zero-order valence-electron chi connectivity index (χ0n) is 15.2. The summed E-state index contributed by atoms with van der Waals surface area (Å²) in [6.45, 7) is 6.34. The van der Waals surface area contributed by atoms with Gasteiger partial charge in [-0.3, -0.25) is 9.69 Å². The maximum absolute atomic E-state index is 12.7. The second-order valence-corrected chi connectivity index (χ2v) is 5.50. The summed E-state index contributed by atoms with van der Waals surface area (Å²) >= 11 is 0. The molecular weight excluding hydrogens is 320 g/mol. The van der Waals surface area contributed by atoms with Crippen LogP contribution in [0.15, 0.2) is 41.0 Å². The van der Waals surface area contributed by atoms with Crippen LogP contribution in [-0.2, 0) is 0 Å². The van der Waals surface area contributed by atoms with E-state index in [0.717, 1.165) is 18.8 Å². The molecule has 0 saturated carbocycles. The second-order valence-electron chi connectivity index (χ2n) is 5.50. The average molecular weight is 346 g/mol. The molecule has 136 valence electrons. The van der Waals surface area contributed by atoms with Crippen molar-refractivity contribution in [2.75, 3.05) is 33.9 Å². The standard InChI is InChI=1S/C19H26N2O4/c1-5-21(6-2)15(16-11-8-12-25-16)13-20-19(22)14-9-7-10-17(23-3)18(14)24-4/h7-12,15H,5-6,13H2,1-4H3,(H,20,22)/t15-/m0/s1. The second kappa shape index (κ2) is 9.13. The number of hydrogen-bond donors (Lipinski definition) is 1. The first-order chi connectivity index (χ1) is 12.2. The predicted molar refractivity (Wildman–Crippen MR) is 96.2 cm³/mol. The Labute approximate surface area is 148 Å². The van der Waals surface area contributed by atoms with Crippen molar-refractivity contribution in [2.45, 2.75) is 19.9 Å². The van der Waals surface area contributed by atoms with Gasteiger partial charge in [0.05, 0.1) is 32.1 Å². The third-order valence-corrected chi connectivity index (χ3v) is 4.23. The maximum atomic E-state index is 12.7. The van der Waals surface area contributed by atoms with Crippen LogP contribution in [0.25, 0.3) is 0 Å². The molecule has 1 atom stereocenters. The summed E-state index contributed by atoms with van der Waals surface area (Å²) in [5.41, 5.74) is 0.444. The maximum Gasteiger partial charge on any atom is 0.255 e. The van der Waals surface area contributed by atoms with Crippen molar-refractivity contribution >= 4 is 5.91 Å². The highest BCUT2D eigenvalue weighted by Crippen LogP contribution is 2.30. The number of rotatable bonds is 9. The number of methoxy groups -OCH3 is 2. The number of benzene rings is 1. The number of nitrogens with one attached hydrogen (secondary N) is 1. The molecule has 0 bridgehead atoms. The first-order valence-corrected chi connectivity index (χ1v) is 8.42. The lowest BCUT2D eigenvalue weighted by atomic mass is 10.1. The normalized spacial score (nSPS) is 12.0. The van der Waals surface area contributed by atoms with E-state index < -0.39 is 0 Å². The molecule has 2 aromatic rings. The molecule has 0 aliphatic rings. The van der Waals surface area contributed by atoms with E-state index in [1.807, 2.05) is 12.1 Å². The van der Waals surface area contributed by atoms with Gasteiger partial charge in [-0.1, -0.05) is 19.9 Å². The van der Waals surface area contributed by atoms with Crippen LogP contribution in [0.5, 0.6) is 11.5 Å². The van der Waals surface area contributed by atoms with Crippen LogP contribution in [-0.4, -0.2) is 44.7 Å². The minimum Gasteiger partial charge on any atom is -0.493 e. The molecule has 0 radical (unpaired) electrons. The monoisotopic (exact) mass is 346 g/mol. The Morgan fingerprint density at radius 2 is 1.92 bits per heavy atom. The molecule has 0 fully saturated rings. The first kappa shape index (κ1) is 18.9. The number of hydrogen-bond acceptors (Lipinski definition) is 5. The molecule has 0 saturated heterocycles. The molecule has 6 nitrogen and oxygen atoms in total. The van der Waals surface area contributed by atoms with Crippen LogP contribution >= 0.6 is 0 Å². The highest BCUT2D eigenvalue weighted by molar-refractivity contribution is 5.97. The summed E-state index contributed by atoms with van der Waals surface area (Å²) in [6.07, 6.45) is 1.65. The van der Waals surface area contributed by atoms with Gasteiger partial charge in [0.2, 0.25) is 0 Å². The fraction of sp³-hybridized carbons (Fsp3) is 0.421. The van der Waals surface area contributed by atoms with E-state index in [-0.39, 0.29) is 11.9 Å². The molecule has 6 heteroatoms. The van der Waals surface area contributed by atoms with Gasteiger partial charge in [0.1, 0.15) is 5.76 Å². The Morgan fingerprint density at radius 1 is 1.16 bits per heavy atom. The molecule has 25 heavy (non-hydrogen) atoms.